The quantitative estimate of drug-likeness (QED) is 0.694. The minimum atomic E-state index is 0.111. The van der Waals surface area contributed by atoms with Gasteiger partial charge in [-0.3, -0.25) is 9.79 Å². The van der Waals surface area contributed by atoms with Crippen molar-refractivity contribution in [1.82, 2.24) is 0 Å². The second-order valence-electron chi connectivity index (χ2n) is 3.91. The van der Waals surface area contributed by atoms with Gasteiger partial charge in [0.05, 0.1) is 0 Å². The Morgan fingerprint density at radius 3 is 2.94 bits per heavy atom. The predicted octanol–water partition coefficient (Wildman–Crippen LogP) is 3.16. The molecule has 82 valence electrons. The van der Waals surface area contributed by atoms with E-state index >= 15 is 0 Å². The molecule has 0 amide bonds. The van der Waals surface area contributed by atoms with E-state index in [1.165, 1.54) is 5.56 Å². The van der Waals surface area contributed by atoms with Gasteiger partial charge >= 0.3 is 0 Å². The number of rotatable bonds is 2. The largest absolute Gasteiger partial charge is 0.294 e. The zero-order valence-corrected chi connectivity index (χ0v) is 9.66. The summed E-state index contributed by atoms with van der Waals surface area (Å²) in [5.74, 6) is 0.111. The van der Waals surface area contributed by atoms with Gasteiger partial charge in [0.2, 0.25) is 0 Å². The molecule has 0 unspecified atom stereocenters. The molecule has 0 saturated carbocycles. The van der Waals surface area contributed by atoms with Gasteiger partial charge in [-0.05, 0) is 25.3 Å². The monoisotopic (exact) mass is 213 g/mol. The van der Waals surface area contributed by atoms with E-state index in [0.717, 1.165) is 29.7 Å². The topological polar surface area (TPSA) is 29.4 Å². The van der Waals surface area contributed by atoms with E-state index < -0.39 is 0 Å². The highest BCUT2D eigenvalue weighted by atomic mass is 16.1. The molecule has 0 N–H and O–H groups in total. The Kier molecular flexibility index (Phi) is 3.00. The van der Waals surface area contributed by atoms with Crippen molar-refractivity contribution >= 4 is 11.5 Å². The first-order chi connectivity index (χ1) is 7.74. The molecule has 0 atom stereocenters. The number of ketones is 1. The van der Waals surface area contributed by atoms with E-state index in [9.17, 15) is 4.79 Å². The van der Waals surface area contributed by atoms with Gasteiger partial charge in [-0.1, -0.05) is 31.2 Å². The van der Waals surface area contributed by atoms with Crippen LogP contribution in [0.3, 0.4) is 0 Å². The van der Waals surface area contributed by atoms with Crippen LogP contribution in [-0.2, 0) is 6.42 Å². The minimum Gasteiger partial charge on any atom is -0.294 e. The van der Waals surface area contributed by atoms with Crippen LogP contribution in [0.25, 0.3) is 0 Å². The standard InChI is InChI=1S/C14H15NO/c1-3-13-14-11(7-5-9-15-13)6-4-8-12(14)10(2)16/h4-6,8-9H,3,7H2,1-2H3. The number of nitrogens with zero attached hydrogens (tertiary/aromatic N) is 1. The zero-order chi connectivity index (χ0) is 11.5. The van der Waals surface area contributed by atoms with E-state index in [4.69, 9.17) is 0 Å². The van der Waals surface area contributed by atoms with Crippen molar-refractivity contribution in [3.8, 4) is 0 Å². The van der Waals surface area contributed by atoms with Crippen LogP contribution < -0.4 is 0 Å². The Morgan fingerprint density at radius 1 is 1.44 bits per heavy atom. The molecular formula is C14H15NO. The molecule has 0 radical (unpaired) electrons. The molecule has 2 heteroatoms. The van der Waals surface area contributed by atoms with Crippen LogP contribution in [-0.4, -0.2) is 11.5 Å². The highest BCUT2D eigenvalue weighted by Crippen LogP contribution is 2.21. The maximum Gasteiger partial charge on any atom is 0.160 e. The van der Waals surface area contributed by atoms with Crippen molar-refractivity contribution in [2.45, 2.75) is 26.7 Å². The molecule has 0 bridgehead atoms. The third-order valence-corrected chi connectivity index (χ3v) is 2.83. The number of Topliss-reactive ketones (excluding diaryl/α,β-unsaturated/α-hetero) is 1. The minimum absolute atomic E-state index is 0.111. The number of hydrogen-bond donors (Lipinski definition) is 0. The van der Waals surface area contributed by atoms with Crippen LogP contribution in [0, 0.1) is 0 Å². The third kappa shape index (κ3) is 1.83. The number of aliphatic imine (C=N–C) groups is 1. The summed E-state index contributed by atoms with van der Waals surface area (Å²) in [5, 5.41) is 0. The maximum atomic E-state index is 11.6. The number of carbonyl (C=O) groups is 1. The molecule has 0 aromatic heterocycles. The van der Waals surface area contributed by atoms with E-state index in [0.29, 0.717) is 0 Å². The van der Waals surface area contributed by atoms with Gasteiger partial charge in [-0.15, -0.1) is 0 Å². The van der Waals surface area contributed by atoms with Crippen molar-refractivity contribution in [1.29, 1.82) is 0 Å². The lowest BCUT2D eigenvalue weighted by molar-refractivity contribution is 0.101. The Morgan fingerprint density at radius 2 is 2.25 bits per heavy atom. The summed E-state index contributed by atoms with van der Waals surface area (Å²) < 4.78 is 0. The second-order valence-corrected chi connectivity index (χ2v) is 3.91. The van der Waals surface area contributed by atoms with Crippen LogP contribution >= 0.6 is 0 Å². The fraction of sp³-hybridized carbons (Fsp3) is 0.286. The van der Waals surface area contributed by atoms with E-state index in [2.05, 4.69) is 18.0 Å². The number of allylic oxidation sites excluding steroid dienone is 1. The molecule has 1 heterocycles. The van der Waals surface area contributed by atoms with Gasteiger partial charge < -0.3 is 0 Å². The van der Waals surface area contributed by atoms with Crippen molar-refractivity contribution in [2.24, 2.45) is 4.99 Å². The number of hydrogen-bond acceptors (Lipinski definition) is 2. The molecule has 1 aliphatic rings. The van der Waals surface area contributed by atoms with Crippen LogP contribution in [0.15, 0.2) is 35.5 Å². The summed E-state index contributed by atoms with van der Waals surface area (Å²) >= 11 is 0. The highest BCUT2D eigenvalue weighted by molar-refractivity contribution is 6.11. The molecule has 1 aromatic rings. The molecule has 1 aromatic carbocycles. The van der Waals surface area contributed by atoms with Gasteiger partial charge in [0.1, 0.15) is 0 Å². The normalized spacial score (nSPS) is 14.0. The molecular weight excluding hydrogens is 198 g/mol. The SMILES string of the molecule is CCC1=NC=CCc2cccc(C(C)=O)c21. The van der Waals surface area contributed by atoms with Crippen molar-refractivity contribution < 1.29 is 4.79 Å². The first-order valence-corrected chi connectivity index (χ1v) is 5.59. The van der Waals surface area contributed by atoms with Crippen molar-refractivity contribution in [3.63, 3.8) is 0 Å². The van der Waals surface area contributed by atoms with Crippen molar-refractivity contribution in [2.75, 3.05) is 0 Å². The lowest BCUT2D eigenvalue weighted by Gasteiger charge is -2.11. The van der Waals surface area contributed by atoms with Crippen LogP contribution in [0.1, 0.15) is 41.8 Å². The Labute approximate surface area is 95.7 Å². The summed E-state index contributed by atoms with van der Waals surface area (Å²) in [6.45, 7) is 3.68. The van der Waals surface area contributed by atoms with E-state index in [1.54, 1.807) is 6.92 Å². The van der Waals surface area contributed by atoms with Crippen LogP contribution in [0.4, 0.5) is 0 Å². The van der Waals surface area contributed by atoms with Gasteiger partial charge in [-0.2, -0.15) is 0 Å². The number of carbonyl (C=O) groups excluding carboxylic acids is 1. The average molecular weight is 213 g/mol. The molecule has 0 spiro atoms. The molecule has 2 rings (SSSR count). The highest BCUT2D eigenvalue weighted by Gasteiger charge is 2.16. The smallest absolute Gasteiger partial charge is 0.160 e. The molecule has 1 aliphatic heterocycles. The van der Waals surface area contributed by atoms with Gasteiger partial charge in [-0.25, -0.2) is 0 Å². The van der Waals surface area contributed by atoms with Crippen LogP contribution in [0.2, 0.25) is 0 Å². The first-order valence-electron chi connectivity index (χ1n) is 5.59. The van der Waals surface area contributed by atoms with Crippen molar-refractivity contribution in [3.05, 3.63) is 47.2 Å². The summed E-state index contributed by atoms with van der Waals surface area (Å²) in [5.41, 5.74) is 4.04. The third-order valence-electron chi connectivity index (χ3n) is 2.83. The lowest BCUT2D eigenvalue weighted by atomic mass is 9.92. The fourth-order valence-corrected chi connectivity index (χ4v) is 2.06. The maximum absolute atomic E-state index is 11.6. The molecule has 16 heavy (non-hydrogen) atoms. The van der Waals surface area contributed by atoms with Gasteiger partial charge in [0.25, 0.3) is 0 Å². The van der Waals surface area contributed by atoms with Gasteiger partial charge in [0.15, 0.2) is 5.78 Å². The van der Waals surface area contributed by atoms with E-state index in [-0.39, 0.29) is 5.78 Å². The molecule has 0 aliphatic carbocycles. The number of benzene rings is 1. The molecule has 0 saturated heterocycles. The summed E-state index contributed by atoms with van der Waals surface area (Å²) in [4.78, 5) is 16.0. The fourth-order valence-electron chi connectivity index (χ4n) is 2.06. The molecule has 0 fully saturated rings. The van der Waals surface area contributed by atoms with Crippen LogP contribution in [0.5, 0.6) is 0 Å². The number of fused-ring (bicyclic) bond motifs is 1. The summed E-state index contributed by atoms with van der Waals surface area (Å²) in [6.07, 6.45) is 5.57. The summed E-state index contributed by atoms with van der Waals surface area (Å²) in [7, 11) is 0. The Bertz CT molecular complexity index is 484. The first kappa shape index (κ1) is 10.8. The Balaban J connectivity index is 2.67. The lowest BCUT2D eigenvalue weighted by Crippen LogP contribution is -2.09. The van der Waals surface area contributed by atoms with Gasteiger partial charge in [0, 0.05) is 23.0 Å². The van der Waals surface area contributed by atoms with E-state index in [1.807, 2.05) is 24.4 Å². The molecule has 2 nitrogen and oxygen atoms in total. The predicted molar refractivity (Wildman–Crippen MR) is 66.1 cm³/mol. The Hall–Kier alpha value is -1.70. The summed E-state index contributed by atoms with van der Waals surface area (Å²) in [6, 6.07) is 5.91. The zero-order valence-electron chi connectivity index (χ0n) is 9.66. The second kappa shape index (κ2) is 4.44. The average Bonchev–Trinajstić information content (AvgIpc) is 2.49.